The highest BCUT2D eigenvalue weighted by molar-refractivity contribution is 14.1. The molecule has 0 bridgehead atoms. The number of aryl methyl sites for hydroxylation is 1. The molecule has 0 aliphatic carbocycles. The number of fused-ring (bicyclic) bond motifs is 1. The topological polar surface area (TPSA) is 37.6 Å². The van der Waals surface area contributed by atoms with Gasteiger partial charge in [-0.05, 0) is 60.9 Å². The molecule has 2 aromatic rings. The summed E-state index contributed by atoms with van der Waals surface area (Å²) in [6, 6.07) is 3.81. The molecule has 1 saturated heterocycles. The average Bonchev–Trinajstić information content (AvgIpc) is 2.74. The molecule has 3 rings (SSSR count). The maximum absolute atomic E-state index is 12.5. The van der Waals surface area contributed by atoms with E-state index < -0.39 is 0 Å². The monoisotopic (exact) mass is 369 g/mol. The summed E-state index contributed by atoms with van der Waals surface area (Å²) in [6.45, 7) is 3.76. The van der Waals surface area contributed by atoms with E-state index in [-0.39, 0.29) is 5.91 Å². The van der Waals surface area contributed by atoms with E-state index in [4.69, 9.17) is 0 Å². The summed E-state index contributed by atoms with van der Waals surface area (Å²) in [5.74, 6) is 0.142. The van der Waals surface area contributed by atoms with E-state index in [1.807, 2.05) is 34.6 Å². The van der Waals surface area contributed by atoms with Crippen molar-refractivity contribution in [2.24, 2.45) is 0 Å². The summed E-state index contributed by atoms with van der Waals surface area (Å²) in [5, 5.41) is 0. The molecule has 4 nitrogen and oxygen atoms in total. The number of likely N-dealkylation sites (tertiary alicyclic amines) is 1. The van der Waals surface area contributed by atoms with Gasteiger partial charge in [-0.15, -0.1) is 0 Å². The van der Waals surface area contributed by atoms with Gasteiger partial charge in [0.2, 0.25) is 0 Å². The maximum atomic E-state index is 12.5. The third-order valence-electron chi connectivity index (χ3n) is 3.61. The normalized spacial score (nSPS) is 16.0. The van der Waals surface area contributed by atoms with Crippen LogP contribution in [-0.2, 0) is 0 Å². The van der Waals surface area contributed by atoms with Crippen molar-refractivity contribution in [3.05, 3.63) is 33.3 Å². The Morgan fingerprint density at radius 3 is 2.74 bits per heavy atom. The van der Waals surface area contributed by atoms with Crippen molar-refractivity contribution >= 4 is 34.1 Å². The molecule has 0 aromatic carbocycles. The molecular formula is C14H16IN3O. The van der Waals surface area contributed by atoms with Crippen LogP contribution in [0.2, 0.25) is 0 Å². The number of aromatic nitrogens is 2. The molecule has 100 valence electrons. The van der Waals surface area contributed by atoms with Gasteiger partial charge in [0, 0.05) is 19.3 Å². The Balaban J connectivity index is 1.96. The minimum absolute atomic E-state index is 0.142. The zero-order valence-corrected chi connectivity index (χ0v) is 13.1. The molecule has 5 heteroatoms. The number of imidazole rings is 1. The number of halogens is 1. The molecule has 1 aliphatic rings. The molecule has 1 fully saturated rings. The van der Waals surface area contributed by atoms with Gasteiger partial charge in [-0.2, -0.15) is 0 Å². The van der Waals surface area contributed by atoms with Gasteiger partial charge in [0.05, 0.1) is 11.3 Å². The van der Waals surface area contributed by atoms with Gasteiger partial charge in [0.25, 0.3) is 5.91 Å². The van der Waals surface area contributed by atoms with Crippen molar-refractivity contribution < 1.29 is 4.79 Å². The van der Waals surface area contributed by atoms with Crippen LogP contribution in [0.4, 0.5) is 0 Å². The summed E-state index contributed by atoms with van der Waals surface area (Å²) in [6.07, 6.45) is 5.39. The second kappa shape index (κ2) is 5.11. The summed E-state index contributed by atoms with van der Waals surface area (Å²) in [5.41, 5.74) is 2.66. The highest BCUT2D eigenvalue weighted by Gasteiger charge is 2.19. The Hall–Kier alpha value is -1.11. The number of amides is 1. The van der Waals surface area contributed by atoms with E-state index >= 15 is 0 Å². The summed E-state index contributed by atoms with van der Waals surface area (Å²) >= 11 is 2.27. The van der Waals surface area contributed by atoms with Crippen LogP contribution in [0.3, 0.4) is 0 Å². The fourth-order valence-corrected chi connectivity index (χ4v) is 3.05. The number of hydrogen-bond donors (Lipinski definition) is 0. The first-order chi connectivity index (χ1) is 9.16. The molecule has 19 heavy (non-hydrogen) atoms. The van der Waals surface area contributed by atoms with Gasteiger partial charge in [-0.1, -0.05) is 0 Å². The molecule has 0 atom stereocenters. The molecule has 0 saturated carbocycles. The summed E-state index contributed by atoms with van der Waals surface area (Å²) in [7, 11) is 0. The molecule has 2 aromatic heterocycles. The second-order valence-electron chi connectivity index (χ2n) is 4.99. The Bertz CT molecular complexity index is 629. The van der Waals surface area contributed by atoms with Gasteiger partial charge in [0.1, 0.15) is 9.35 Å². The minimum Gasteiger partial charge on any atom is -0.339 e. The number of carbonyl (C=O) groups is 1. The molecular weight excluding hydrogens is 353 g/mol. The molecule has 0 N–H and O–H groups in total. The first kappa shape index (κ1) is 12.9. The quantitative estimate of drug-likeness (QED) is 0.725. The lowest BCUT2D eigenvalue weighted by Crippen LogP contribution is -2.35. The maximum Gasteiger partial charge on any atom is 0.255 e. The fourth-order valence-electron chi connectivity index (χ4n) is 2.54. The predicted molar refractivity (Wildman–Crippen MR) is 82.4 cm³/mol. The SMILES string of the molecule is Cc1nc2ccc(C(=O)N3CCCCC3)cn2c1I. The van der Waals surface area contributed by atoms with Gasteiger partial charge in [-0.25, -0.2) is 4.98 Å². The summed E-state index contributed by atoms with van der Waals surface area (Å²) in [4.78, 5) is 18.9. The lowest BCUT2D eigenvalue weighted by molar-refractivity contribution is 0.0724. The van der Waals surface area contributed by atoms with E-state index in [0.29, 0.717) is 0 Å². The number of rotatable bonds is 1. The van der Waals surface area contributed by atoms with E-state index in [0.717, 1.165) is 46.5 Å². The third kappa shape index (κ3) is 2.35. The fraction of sp³-hybridized carbons (Fsp3) is 0.429. The van der Waals surface area contributed by atoms with Crippen LogP contribution in [0, 0.1) is 10.6 Å². The van der Waals surface area contributed by atoms with Gasteiger partial charge in [-0.3, -0.25) is 9.20 Å². The second-order valence-corrected chi connectivity index (χ2v) is 6.01. The largest absolute Gasteiger partial charge is 0.339 e. The van der Waals surface area contributed by atoms with Gasteiger partial charge < -0.3 is 4.90 Å². The Kier molecular flexibility index (Phi) is 3.47. The first-order valence-electron chi connectivity index (χ1n) is 6.60. The molecule has 3 heterocycles. The number of hydrogen-bond acceptors (Lipinski definition) is 2. The lowest BCUT2D eigenvalue weighted by atomic mass is 10.1. The van der Waals surface area contributed by atoms with Crippen LogP contribution in [0.15, 0.2) is 18.3 Å². The lowest BCUT2D eigenvalue weighted by Gasteiger charge is -2.26. The van der Waals surface area contributed by atoms with E-state index in [1.54, 1.807) is 0 Å². The Labute approximate surface area is 126 Å². The highest BCUT2D eigenvalue weighted by Crippen LogP contribution is 2.17. The molecule has 1 aliphatic heterocycles. The zero-order chi connectivity index (χ0) is 13.4. The van der Waals surface area contributed by atoms with Crippen molar-refractivity contribution in [3.63, 3.8) is 0 Å². The van der Waals surface area contributed by atoms with Crippen molar-refractivity contribution in [1.82, 2.24) is 14.3 Å². The minimum atomic E-state index is 0.142. The molecule has 0 radical (unpaired) electrons. The summed E-state index contributed by atoms with van der Waals surface area (Å²) < 4.78 is 3.06. The van der Waals surface area contributed by atoms with Crippen LogP contribution < -0.4 is 0 Å². The van der Waals surface area contributed by atoms with Crippen molar-refractivity contribution in [1.29, 1.82) is 0 Å². The number of pyridine rings is 1. The van der Waals surface area contributed by atoms with Crippen LogP contribution >= 0.6 is 22.6 Å². The average molecular weight is 369 g/mol. The third-order valence-corrected chi connectivity index (χ3v) is 4.91. The number of carbonyl (C=O) groups excluding carboxylic acids is 1. The van der Waals surface area contributed by atoms with Crippen LogP contribution in [0.5, 0.6) is 0 Å². The smallest absolute Gasteiger partial charge is 0.255 e. The number of piperidine rings is 1. The highest BCUT2D eigenvalue weighted by atomic mass is 127. The van der Waals surface area contributed by atoms with Crippen molar-refractivity contribution in [3.8, 4) is 0 Å². The van der Waals surface area contributed by atoms with E-state index in [1.165, 1.54) is 6.42 Å². The zero-order valence-electron chi connectivity index (χ0n) is 10.9. The molecule has 0 spiro atoms. The Morgan fingerprint density at radius 2 is 2.00 bits per heavy atom. The first-order valence-corrected chi connectivity index (χ1v) is 7.68. The molecule has 1 amide bonds. The van der Waals surface area contributed by atoms with E-state index in [2.05, 4.69) is 27.6 Å². The van der Waals surface area contributed by atoms with Gasteiger partial charge in [0.15, 0.2) is 0 Å². The standard InChI is InChI=1S/C14H16IN3O/c1-10-13(15)18-9-11(5-6-12(18)16-10)14(19)17-7-3-2-4-8-17/h5-6,9H,2-4,7-8H2,1H3. The van der Waals surface area contributed by atoms with Gasteiger partial charge >= 0.3 is 0 Å². The van der Waals surface area contributed by atoms with Crippen LogP contribution in [0.1, 0.15) is 35.3 Å². The molecule has 0 unspecified atom stereocenters. The van der Waals surface area contributed by atoms with Crippen molar-refractivity contribution in [2.45, 2.75) is 26.2 Å². The van der Waals surface area contributed by atoms with E-state index in [9.17, 15) is 4.79 Å². The Morgan fingerprint density at radius 1 is 1.26 bits per heavy atom. The van der Waals surface area contributed by atoms with Crippen LogP contribution in [0.25, 0.3) is 5.65 Å². The predicted octanol–water partition coefficient (Wildman–Crippen LogP) is 2.87. The van der Waals surface area contributed by atoms with Crippen LogP contribution in [-0.4, -0.2) is 33.3 Å². The number of nitrogens with zero attached hydrogens (tertiary/aromatic N) is 3. The van der Waals surface area contributed by atoms with Crippen molar-refractivity contribution in [2.75, 3.05) is 13.1 Å².